The van der Waals surface area contributed by atoms with Crippen molar-refractivity contribution in [1.29, 1.82) is 0 Å². The predicted octanol–water partition coefficient (Wildman–Crippen LogP) is 1.25. The first-order valence-electron chi connectivity index (χ1n) is 9.04. The highest BCUT2D eigenvalue weighted by Crippen LogP contribution is 2.34. The molecule has 1 saturated heterocycles. The molecule has 2 atom stereocenters. The summed E-state index contributed by atoms with van der Waals surface area (Å²) in [7, 11) is 3.62. The van der Waals surface area contributed by atoms with Crippen molar-refractivity contribution in [2.75, 3.05) is 20.1 Å². The van der Waals surface area contributed by atoms with Gasteiger partial charge in [-0.1, -0.05) is 5.16 Å². The Labute approximate surface area is 147 Å². The van der Waals surface area contributed by atoms with Crippen molar-refractivity contribution in [3.63, 3.8) is 0 Å². The summed E-state index contributed by atoms with van der Waals surface area (Å²) in [5, 5.41) is 11.4. The van der Waals surface area contributed by atoms with Crippen molar-refractivity contribution in [2.24, 2.45) is 13.0 Å². The number of nitrogens with zero attached hydrogens (tertiary/aromatic N) is 4. The molecule has 0 bridgehead atoms. The van der Waals surface area contributed by atoms with Gasteiger partial charge < -0.3 is 9.84 Å². The predicted molar refractivity (Wildman–Crippen MR) is 91.9 cm³/mol. The topological polar surface area (TPSA) is 76.2 Å². The molecule has 1 N–H and O–H groups in total. The number of amides is 1. The van der Waals surface area contributed by atoms with E-state index in [0.717, 1.165) is 49.5 Å². The van der Waals surface area contributed by atoms with Crippen LogP contribution in [0.4, 0.5) is 0 Å². The first-order valence-corrected chi connectivity index (χ1v) is 9.04. The van der Waals surface area contributed by atoms with E-state index in [0.29, 0.717) is 0 Å². The van der Waals surface area contributed by atoms with Gasteiger partial charge in [0.25, 0.3) is 0 Å². The number of hydrogen-bond donors (Lipinski definition) is 1. The smallest absolute Gasteiger partial charge is 0.224 e. The van der Waals surface area contributed by atoms with Crippen LogP contribution in [0.15, 0.2) is 16.9 Å². The third-order valence-electron chi connectivity index (χ3n) is 5.54. The Hall–Kier alpha value is -2.15. The van der Waals surface area contributed by atoms with Gasteiger partial charge in [0.2, 0.25) is 5.91 Å². The van der Waals surface area contributed by atoms with Crippen molar-refractivity contribution in [3.8, 4) is 0 Å². The van der Waals surface area contributed by atoms with E-state index in [2.05, 4.69) is 20.5 Å². The lowest BCUT2D eigenvalue weighted by Crippen LogP contribution is -2.32. The maximum Gasteiger partial charge on any atom is 0.224 e. The number of hydrogen-bond acceptors (Lipinski definition) is 5. The third kappa shape index (κ3) is 3.08. The Bertz CT molecular complexity index is 765. The number of rotatable bonds is 4. The summed E-state index contributed by atoms with van der Waals surface area (Å²) in [6.45, 7) is 2.33. The van der Waals surface area contributed by atoms with Gasteiger partial charge in [0.1, 0.15) is 11.5 Å². The number of nitrogens with one attached hydrogen (secondary N) is 1. The van der Waals surface area contributed by atoms with E-state index in [1.807, 2.05) is 19.4 Å². The van der Waals surface area contributed by atoms with Gasteiger partial charge in [0.15, 0.2) is 0 Å². The number of carbonyl (C=O) groups is 1. The minimum absolute atomic E-state index is 0.0584. The fourth-order valence-electron chi connectivity index (χ4n) is 4.22. The zero-order valence-corrected chi connectivity index (χ0v) is 14.9. The molecule has 1 fully saturated rings. The zero-order valence-electron chi connectivity index (χ0n) is 14.9. The SMILES string of the molecule is CNC(=O)[C@H]1CN(Cc2noc3c2CCCC3)C[C@@H]1c1cnn(C)c1. The molecule has 0 spiro atoms. The lowest BCUT2D eigenvalue weighted by Gasteiger charge is -2.15. The molecule has 1 aliphatic heterocycles. The fourth-order valence-corrected chi connectivity index (χ4v) is 4.22. The van der Waals surface area contributed by atoms with Crippen LogP contribution in [0.3, 0.4) is 0 Å². The lowest BCUT2D eigenvalue weighted by atomic mass is 9.90. The van der Waals surface area contributed by atoms with Gasteiger partial charge >= 0.3 is 0 Å². The van der Waals surface area contributed by atoms with Crippen molar-refractivity contribution in [1.82, 2.24) is 25.2 Å². The molecule has 7 heteroatoms. The van der Waals surface area contributed by atoms with Crippen molar-refractivity contribution >= 4 is 5.91 Å². The molecule has 2 aromatic rings. The van der Waals surface area contributed by atoms with Crippen LogP contribution in [0.1, 0.15) is 41.3 Å². The van der Waals surface area contributed by atoms with Crippen molar-refractivity contribution < 1.29 is 9.32 Å². The number of fused-ring (bicyclic) bond motifs is 1. The molecule has 4 rings (SSSR count). The van der Waals surface area contributed by atoms with Crippen LogP contribution < -0.4 is 5.32 Å². The maximum absolute atomic E-state index is 12.4. The molecule has 134 valence electrons. The average molecular weight is 343 g/mol. The van der Waals surface area contributed by atoms with Gasteiger partial charge in [0, 0.05) is 57.8 Å². The number of likely N-dealkylation sites (tertiary alicyclic amines) is 1. The Morgan fingerprint density at radius 3 is 2.96 bits per heavy atom. The molecule has 0 radical (unpaired) electrons. The quantitative estimate of drug-likeness (QED) is 0.904. The summed E-state index contributed by atoms with van der Waals surface area (Å²) < 4.78 is 7.34. The molecule has 7 nitrogen and oxygen atoms in total. The Morgan fingerprint density at radius 1 is 1.36 bits per heavy atom. The second-order valence-electron chi connectivity index (χ2n) is 7.21. The van der Waals surface area contributed by atoms with Crippen LogP contribution in [0.5, 0.6) is 0 Å². The average Bonchev–Trinajstić information content (AvgIpc) is 3.33. The van der Waals surface area contributed by atoms with Crippen LogP contribution in [-0.4, -0.2) is 45.9 Å². The molecule has 0 unspecified atom stereocenters. The number of aryl methyl sites for hydroxylation is 2. The number of carbonyl (C=O) groups excluding carboxylic acids is 1. The molecule has 2 aromatic heterocycles. The summed E-state index contributed by atoms with van der Waals surface area (Å²) in [5.74, 6) is 1.26. The molecule has 1 aliphatic carbocycles. The molecule has 0 saturated carbocycles. The van der Waals surface area contributed by atoms with Crippen LogP contribution in [0, 0.1) is 5.92 Å². The molecule has 1 amide bonds. The molecular formula is C18H25N5O2. The minimum atomic E-state index is -0.0584. The van der Waals surface area contributed by atoms with E-state index in [1.54, 1.807) is 11.7 Å². The van der Waals surface area contributed by atoms with E-state index in [1.165, 1.54) is 18.4 Å². The molecule has 0 aromatic carbocycles. The molecule has 3 heterocycles. The van der Waals surface area contributed by atoms with Crippen LogP contribution >= 0.6 is 0 Å². The largest absolute Gasteiger partial charge is 0.361 e. The number of aromatic nitrogens is 3. The fraction of sp³-hybridized carbons (Fsp3) is 0.611. The van der Waals surface area contributed by atoms with E-state index in [9.17, 15) is 4.79 Å². The highest BCUT2D eigenvalue weighted by Gasteiger charge is 2.39. The summed E-state index contributed by atoms with van der Waals surface area (Å²) >= 11 is 0. The Morgan fingerprint density at radius 2 is 2.20 bits per heavy atom. The third-order valence-corrected chi connectivity index (χ3v) is 5.54. The zero-order chi connectivity index (χ0) is 17.4. The Kier molecular flexibility index (Phi) is 4.33. The second-order valence-corrected chi connectivity index (χ2v) is 7.21. The van der Waals surface area contributed by atoms with E-state index in [-0.39, 0.29) is 17.7 Å². The normalized spacial score (nSPS) is 23.6. The Balaban J connectivity index is 1.53. The lowest BCUT2D eigenvalue weighted by molar-refractivity contribution is -0.124. The van der Waals surface area contributed by atoms with Crippen molar-refractivity contribution in [2.45, 2.75) is 38.1 Å². The first kappa shape index (κ1) is 16.3. The van der Waals surface area contributed by atoms with E-state index >= 15 is 0 Å². The molecular weight excluding hydrogens is 318 g/mol. The van der Waals surface area contributed by atoms with Gasteiger partial charge in [0.05, 0.1) is 12.1 Å². The highest BCUT2D eigenvalue weighted by atomic mass is 16.5. The standard InChI is InChI=1S/C18H25N5O2/c1-19-18(24)15-10-23(9-14(15)12-7-20-22(2)8-12)11-16-13-5-3-4-6-17(13)25-21-16/h7-8,14-15H,3-6,9-11H2,1-2H3,(H,19,24)/t14-,15+/m1/s1. The van der Waals surface area contributed by atoms with Gasteiger partial charge in [-0.2, -0.15) is 5.10 Å². The van der Waals surface area contributed by atoms with Crippen LogP contribution in [0.25, 0.3) is 0 Å². The van der Waals surface area contributed by atoms with Gasteiger partial charge in [-0.15, -0.1) is 0 Å². The molecule has 25 heavy (non-hydrogen) atoms. The van der Waals surface area contributed by atoms with E-state index < -0.39 is 0 Å². The summed E-state index contributed by atoms with van der Waals surface area (Å²) in [6.07, 6.45) is 8.35. The van der Waals surface area contributed by atoms with Gasteiger partial charge in [-0.3, -0.25) is 14.4 Å². The first-order chi connectivity index (χ1) is 12.2. The van der Waals surface area contributed by atoms with Crippen LogP contribution in [0.2, 0.25) is 0 Å². The summed E-state index contributed by atoms with van der Waals surface area (Å²) in [6, 6.07) is 0. The van der Waals surface area contributed by atoms with Gasteiger partial charge in [-0.25, -0.2) is 0 Å². The van der Waals surface area contributed by atoms with Gasteiger partial charge in [-0.05, 0) is 24.8 Å². The summed E-state index contributed by atoms with van der Waals surface area (Å²) in [4.78, 5) is 14.7. The monoisotopic (exact) mass is 343 g/mol. The highest BCUT2D eigenvalue weighted by molar-refractivity contribution is 5.80. The minimum Gasteiger partial charge on any atom is -0.361 e. The van der Waals surface area contributed by atoms with Crippen LogP contribution in [-0.2, 0) is 31.2 Å². The summed E-state index contributed by atoms with van der Waals surface area (Å²) in [5.41, 5.74) is 3.48. The second kappa shape index (κ2) is 6.63. The molecule has 2 aliphatic rings. The van der Waals surface area contributed by atoms with E-state index in [4.69, 9.17) is 4.52 Å². The maximum atomic E-state index is 12.4. The van der Waals surface area contributed by atoms with Crippen molar-refractivity contribution in [3.05, 3.63) is 35.0 Å².